The molecule has 1 unspecified atom stereocenters. The second kappa shape index (κ2) is 7.49. The molecule has 1 rings (SSSR count). The highest BCUT2D eigenvalue weighted by molar-refractivity contribution is 6.33. The van der Waals surface area contributed by atoms with Gasteiger partial charge in [-0.15, -0.1) is 0 Å². The van der Waals surface area contributed by atoms with E-state index >= 15 is 0 Å². The minimum Gasteiger partial charge on any atom is -0.329 e. The lowest BCUT2D eigenvalue weighted by Gasteiger charge is -2.36. The summed E-state index contributed by atoms with van der Waals surface area (Å²) in [4.78, 5) is 2.39. The molecule has 0 fully saturated rings. The van der Waals surface area contributed by atoms with E-state index in [1.54, 1.807) is 0 Å². The Bertz CT molecular complexity index is 405. The van der Waals surface area contributed by atoms with Crippen molar-refractivity contribution in [3.63, 3.8) is 0 Å². The van der Waals surface area contributed by atoms with Crippen LogP contribution in [0.4, 0.5) is 0 Å². The van der Waals surface area contributed by atoms with Gasteiger partial charge in [0.1, 0.15) is 0 Å². The summed E-state index contributed by atoms with van der Waals surface area (Å²) >= 11 is 12.4. The minimum absolute atomic E-state index is 0.105. The first-order valence-electron chi connectivity index (χ1n) is 6.77. The van der Waals surface area contributed by atoms with E-state index < -0.39 is 0 Å². The second-order valence-electron chi connectivity index (χ2n) is 5.60. The Morgan fingerprint density at radius 2 is 1.79 bits per heavy atom. The molecular weight excluding hydrogens is 279 g/mol. The number of benzene rings is 1. The fourth-order valence-electron chi connectivity index (χ4n) is 2.33. The Balaban J connectivity index is 3.11. The number of nitrogens with two attached hydrogens (primary N) is 1. The molecule has 1 aromatic rings. The van der Waals surface area contributed by atoms with Gasteiger partial charge in [0.2, 0.25) is 0 Å². The zero-order valence-corrected chi connectivity index (χ0v) is 13.7. The van der Waals surface area contributed by atoms with Crippen LogP contribution in [0.25, 0.3) is 0 Å². The molecule has 4 heteroatoms. The average molecular weight is 303 g/mol. The normalized spacial score (nSPS) is 13.6. The lowest BCUT2D eigenvalue weighted by Crippen LogP contribution is -2.41. The van der Waals surface area contributed by atoms with Crippen molar-refractivity contribution in [3.05, 3.63) is 33.8 Å². The predicted octanol–water partition coefficient (Wildman–Crippen LogP) is 4.36. The van der Waals surface area contributed by atoms with Crippen molar-refractivity contribution >= 4 is 23.2 Å². The summed E-state index contributed by atoms with van der Waals surface area (Å²) < 4.78 is 0. The minimum atomic E-state index is 0.105. The van der Waals surface area contributed by atoms with Crippen molar-refractivity contribution in [1.29, 1.82) is 0 Å². The Kier molecular flexibility index (Phi) is 6.61. The molecule has 0 aromatic heterocycles. The van der Waals surface area contributed by atoms with Crippen LogP contribution in [0.15, 0.2) is 18.2 Å². The maximum absolute atomic E-state index is 6.31. The molecule has 0 saturated carbocycles. The number of halogens is 2. The van der Waals surface area contributed by atoms with E-state index in [2.05, 4.69) is 32.6 Å². The van der Waals surface area contributed by atoms with Crippen LogP contribution in [-0.2, 0) is 0 Å². The molecule has 0 saturated heterocycles. The van der Waals surface area contributed by atoms with Crippen molar-refractivity contribution in [2.45, 2.75) is 39.8 Å². The van der Waals surface area contributed by atoms with Gasteiger partial charge in [0, 0.05) is 35.2 Å². The van der Waals surface area contributed by atoms with Crippen LogP contribution in [0.3, 0.4) is 0 Å². The van der Waals surface area contributed by atoms with E-state index in [4.69, 9.17) is 28.9 Å². The molecule has 1 atom stereocenters. The van der Waals surface area contributed by atoms with E-state index in [0.29, 0.717) is 23.5 Å². The molecular formula is C15H24Cl2N2. The standard InChI is InChI=1S/C15H24Cl2N2/c1-10(2)9-19(11(3)4)15(8-18)13-7-12(16)5-6-14(13)17/h5-7,10-11,15H,8-9,18H2,1-4H3. The van der Waals surface area contributed by atoms with Crippen LogP contribution >= 0.6 is 23.2 Å². The SMILES string of the molecule is CC(C)CN(C(C)C)C(CN)c1cc(Cl)ccc1Cl. The van der Waals surface area contributed by atoms with Gasteiger partial charge in [0.05, 0.1) is 0 Å². The first kappa shape index (κ1) is 16.8. The molecule has 2 nitrogen and oxygen atoms in total. The Labute approximate surface area is 126 Å². The molecule has 108 valence electrons. The van der Waals surface area contributed by atoms with Crippen LogP contribution in [0.1, 0.15) is 39.3 Å². The molecule has 19 heavy (non-hydrogen) atoms. The maximum atomic E-state index is 6.31. The Morgan fingerprint density at radius 1 is 1.16 bits per heavy atom. The zero-order valence-electron chi connectivity index (χ0n) is 12.2. The fourth-order valence-corrected chi connectivity index (χ4v) is 2.75. The van der Waals surface area contributed by atoms with Gasteiger partial charge in [-0.1, -0.05) is 37.0 Å². The van der Waals surface area contributed by atoms with Gasteiger partial charge in [-0.3, -0.25) is 4.90 Å². The molecule has 0 heterocycles. The lowest BCUT2D eigenvalue weighted by molar-refractivity contribution is 0.138. The van der Waals surface area contributed by atoms with Crippen LogP contribution in [-0.4, -0.2) is 24.0 Å². The highest BCUT2D eigenvalue weighted by Gasteiger charge is 2.24. The van der Waals surface area contributed by atoms with E-state index in [1.165, 1.54) is 0 Å². The molecule has 0 aliphatic rings. The summed E-state index contributed by atoms with van der Waals surface area (Å²) in [5, 5.41) is 1.43. The van der Waals surface area contributed by atoms with Gasteiger partial charge in [-0.25, -0.2) is 0 Å². The summed E-state index contributed by atoms with van der Waals surface area (Å²) in [6.07, 6.45) is 0. The monoisotopic (exact) mass is 302 g/mol. The van der Waals surface area contributed by atoms with Gasteiger partial charge >= 0.3 is 0 Å². The molecule has 1 aromatic carbocycles. The quantitative estimate of drug-likeness (QED) is 0.846. The third-order valence-corrected chi connectivity index (χ3v) is 3.76. The first-order valence-corrected chi connectivity index (χ1v) is 7.53. The van der Waals surface area contributed by atoms with Crippen LogP contribution < -0.4 is 5.73 Å². The van der Waals surface area contributed by atoms with Crippen LogP contribution in [0.2, 0.25) is 10.0 Å². The zero-order chi connectivity index (χ0) is 14.6. The molecule has 0 bridgehead atoms. The number of hydrogen-bond donors (Lipinski definition) is 1. The third-order valence-electron chi connectivity index (χ3n) is 3.18. The summed E-state index contributed by atoms with van der Waals surface area (Å²) in [5.74, 6) is 0.578. The lowest BCUT2D eigenvalue weighted by atomic mass is 10.0. The van der Waals surface area contributed by atoms with Crippen molar-refractivity contribution in [3.8, 4) is 0 Å². The van der Waals surface area contributed by atoms with E-state index in [9.17, 15) is 0 Å². The first-order chi connectivity index (χ1) is 8.86. The van der Waals surface area contributed by atoms with Crippen LogP contribution in [0, 0.1) is 5.92 Å². The summed E-state index contributed by atoms with van der Waals surface area (Å²) in [7, 11) is 0. The Morgan fingerprint density at radius 3 is 2.26 bits per heavy atom. The van der Waals surface area contributed by atoms with Gasteiger partial charge in [0.25, 0.3) is 0 Å². The average Bonchev–Trinajstić information content (AvgIpc) is 2.32. The maximum Gasteiger partial charge on any atom is 0.0488 e. The molecule has 0 aliphatic heterocycles. The van der Waals surface area contributed by atoms with Gasteiger partial charge < -0.3 is 5.73 Å². The van der Waals surface area contributed by atoms with E-state index in [1.807, 2.05) is 18.2 Å². The molecule has 0 amide bonds. The third kappa shape index (κ3) is 4.64. The largest absolute Gasteiger partial charge is 0.329 e. The summed E-state index contributed by atoms with van der Waals surface area (Å²) in [6, 6.07) is 6.09. The predicted molar refractivity (Wildman–Crippen MR) is 84.9 cm³/mol. The van der Waals surface area contributed by atoms with Crippen LogP contribution in [0.5, 0.6) is 0 Å². The van der Waals surface area contributed by atoms with Gasteiger partial charge in [-0.2, -0.15) is 0 Å². The second-order valence-corrected chi connectivity index (χ2v) is 6.45. The van der Waals surface area contributed by atoms with E-state index in [-0.39, 0.29) is 6.04 Å². The topological polar surface area (TPSA) is 29.3 Å². The number of hydrogen-bond acceptors (Lipinski definition) is 2. The summed E-state index contributed by atoms with van der Waals surface area (Å²) in [6.45, 7) is 10.3. The molecule has 0 radical (unpaired) electrons. The van der Waals surface area contributed by atoms with Crippen molar-refractivity contribution in [1.82, 2.24) is 4.90 Å². The van der Waals surface area contributed by atoms with Crippen molar-refractivity contribution in [2.75, 3.05) is 13.1 Å². The van der Waals surface area contributed by atoms with E-state index in [0.717, 1.165) is 17.1 Å². The molecule has 2 N–H and O–H groups in total. The molecule has 0 aliphatic carbocycles. The highest BCUT2D eigenvalue weighted by Crippen LogP contribution is 2.31. The number of nitrogens with zero attached hydrogens (tertiary/aromatic N) is 1. The number of rotatable bonds is 6. The highest BCUT2D eigenvalue weighted by atomic mass is 35.5. The van der Waals surface area contributed by atoms with Crippen molar-refractivity contribution < 1.29 is 0 Å². The molecule has 0 spiro atoms. The van der Waals surface area contributed by atoms with Crippen molar-refractivity contribution in [2.24, 2.45) is 11.7 Å². The Hall–Kier alpha value is -0.280. The summed E-state index contributed by atoms with van der Waals surface area (Å²) in [5.41, 5.74) is 7.01. The smallest absolute Gasteiger partial charge is 0.0488 e. The van der Waals surface area contributed by atoms with Gasteiger partial charge in [-0.05, 0) is 43.5 Å². The van der Waals surface area contributed by atoms with Gasteiger partial charge in [0.15, 0.2) is 0 Å². The fraction of sp³-hybridized carbons (Fsp3) is 0.600.